The SMILES string of the molecule is Cn1ncc2c(=O)n(Cc3cc4n(n3)CCCC4)cnc21. The van der Waals surface area contributed by atoms with E-state index >= 15 is 0 Å². The van der Waals surface area contributed by atoms with Gasteiger partial charge in [-0.2, -0.15) is 10.2 Å². The Morgan fingerprint density at radius 2 is 2.24 bits per heavy atom. The lowest BCUT2D eigenvalue weighted by atomic mass is 10.1. The number of nitrogens with zero attached hydrogens (tertiary/aromatic N) is 6. The van der Waals surface area contributed by atoms with Gasteiger partial charge in [0, 0.05) is 19.3 Å². The second-order valence-corrected chi connectivity index (χ2v) is 5.49. The summed E-state index contributed by atoms with van der Waals surface area (Å²) in [5.74, 6) is 0. The van der Waals surface area contributed by atoms with Gasteiger partial charge in [-0.15, -0.1) is 0 Å². The third kappa shape index (κ3) is 1.96. The Hall–Kier alpha value is -2.44. The van der Waals surface area contributed by atoms with Crippen molar-refractivity contribution < 1.29 is 0 Å². The van der Waals surface area contributed by atoms with Gasteiger partial charge in [-0.25, -0.2) is 4.98 Å². The lowest BCUT2D eigenvalue weighted by molar-refractivity contribution is 0.482. The molecule has 0 unspecified atom stereocenters. The lowest BCUT2D eigenvalue weighted by Gasteiger charge is -2.11. The van der Waals surface area contributed by atoms with Crippen molar-refractivity contribution in [1.82, 2.24) is 29.1 Å². The Balaban J connectivity index is 1.72. The average Bonchev–Trinajstić information content (AvgIpc) is 3.06. The zero-order chi connectivity index (χ0) is 14.4. The fourth-order valence-corrected chi connectivity index (χ4v) is 2.91. The summed E-state index contributed by atoms with van der Waals surface area (Å²) in [6.07, 6.45) is 6.61. The van der Waals surface area contributed by atoms with E-state index in [1.807, 2.05) is 0 Å². The molecule has 0 aliphatic carbocycles. The van der Waals surface area contributed by atoms with Gasteiger partial charge in [-0.3, -0.25) is 18.7 Å². The number of rotatable bonds is 2. The smallest absolute Gasteiger partial charge is 0.264 e. The predicted molar refractivity (Wildman–Crippen MR) is 77.0 cm³/mol. The zero-order valence-electron chi connectivity index (χ0n) is 11.9. The molecule has 3 aromatic rings. The van der Waals surface area contributed by atoms with Gasteiger partial charge in [-0.05, 0) is 25.3 Å². The molecular weight excluding hydrogens is 268 g/mol. The van der Waals surface area contributed by atoms with E-state index in [-0.39, 0.29) is 5.56 Å². The monoisotopic (exact) mass is 284 g/mol. The number of fused-ring (bicyclic) bond motifs is 2. The molecule has 0 radical (unpaired) electrons. The Labute approximate surface area is 120 Å². The minimum Gasteiger partial charge on any atom is -0.292 e. The molecule has 0 aromatic carbocycles. The van der Waals surface area contributed by atoms with E-state index in [2.05, 4.69) is 25.9 Å². The lowest BCUT2D eigenvalue weighted by Crippen LogP contribution is -2.21. The highest BCUT2D eigenvalue weighted by Crippen LogP contribution is 2.15. The molecule has 1 aliphatic heterocycles. The molecule has 0 bridgehead atoms. The van der Waals surface area contributed by atoms with Crippen LogP contribution in [0.25, 0.3) is 11.0 Å². The van der Waals surface area contributed by atoms with Crippen molar-refractivity contribution in [2.24, 2.45) is 7.05 Å². The first-order valence-electron chi connectivity index (χ1n) is 7.15. The minimum atomic E-state index is -0.0703. The molecule has 0 spiro atoms. The summed E-state index contributed by atoms with van der Waals surface area (Å²) in [5.41, 5.74) is 2.72. The van der Waals surface area contributed by atoms with Gasteiger partial charge in [0.1, 0.15) is 11.7 Å². The zero-order valence-corrected chi connectivity index (χ0v) is 11.9. The van der Waals surface area contributed by atoms with Crippen LogP contribution in [0.4, 0.5) is 0 Å². The third-order valence-corrected chi connectivity index (χ3v) is 4.02. The van der Waals surface area contributed by atoms with Crippen LogP contribution < -0.4 is 5.56 Å². The molecule has 7 nitrogen and oxygen atoms in total. The summed E-state index contributed by atoms with van der Waals surface area (Å²) in [6.45, 7) is 1.43. The van der Waals surface area contributed by atoms with E-state index in [4.69, 9.17) is 0 Å². The van der Waals surface area contributed by atoms with E-state index in [0.717, 1.165) is 18.7 Å². The maximum Gasteiger partial charge on any atom is 0.264 e. The molecule has 3 aromatic heterocycles. The minimum absolute atomic E-state index is 0.0703. The Bertz CT molecular complexity index is 848. The maximum atomic E-state index is 12.4. The quantitative estimate of drug-likeness (QED) is 0.695. The molecule has 108 valence electrons. The summed E-state index contributed by atoms with van der Waals surface area (Å²) < 4.78 is 5.26. The molecule has 0 fully saturated rings. The molecule has 21 heavy (non-hydrogen) atoms. The van der Waals surface area contributed by atoms with Gasteiger partial charge < -0.3 is 0 Å². The first-order chi connectivity index (χ1) is 10.2. The molecule has 4 heterocycles. The van der Waals surface area contributed by atoms with Crippen molar-refractivity contribution >= 4 is 11.0 Å². The van der Waals surface area contributed by atoms with Gasteiger partial charge >= 0.3 is 0 Å². The van der Waals surface area contributed by atoms with E-state index < -0.39 is 0 Å². The fraction of sp³-hybridized carbons (Fsp3) is 0.429. The van der Waals surface area contributed by atoms with E-state index in [1.54, 1.807) is 28.8 Å². The summed E-state index contributed by atoms with van der Waals surface area (Å²) in [6, 6.07) is 2.10. The number of hydrogen-bond acceptors (Lipinski definition) is 4. The molecule has 7 heteroatoms. The van der Waals surface area contributed by atoms with Crippen LogP contribution in [0.5, 0.6) is 0 Å². The average molecular weight is 284 g/mol. The van der Waals surface area contributed by atoms with Crippen LogP contribution in [-0.2, 0) is 26.6 Å². The molecule has 0 atom stereocenters. The molecule has 4 rings (SSSR count). The van der Waals surface area contributed by atoms with Crippen LogP contribution in [0.2, 0.25) is 0 Å². The van der Waals surface area contributed by atoms with E-state index in [1.165, 1.54) is 18.5 Å². The van der Waals surface area contributed by atoms with Gasteiger partial charge in [0.15, 0.2) is 5.65 Å². The van der Waals surface area contributed by atoms with E-state index in [9.17, 15) is 4.79 Å². The normalized spacial score (nSPS) is 14.5. The standard InChI is InChI=1S/C14H16N6O/c1-18-13-12(7-16-18)14(21)19(9-15-13)8-10-6-11-4-2-3-5-20(11)17-10/h6-7,9H,2-5,8H2,1H3. The first kappa shape index (κ1) is 12.3. The highest BCUT2D eigenvalue weighted by atomic mass is 16.1. The van der Waals surface area contributed by atoms with Crippen LogP contribution >= 0.6 is 0 Å². The summed E-state index contributed by atoms with van der Waals surface area (Å²) >= 11 is 0. The van der Waals surface area contributed by atoms with Crippen LogP contribution in [0, 0.1) is 0 Å². The molecule has 0 saturated heterocycles. The van der Waals surface area contributed by atoms with Crippen molar-refractivity contribution in [3.8, 4) is 0 Å². The molecule has 1 aliphatic rings. The van der Waals surface area contributed by atoms with Crippen molar-refractivity contribution in [2.75, 3.05) is 0 Å². The van der Waals surface area contributed by atoms with Crippen molar-refractivity contribution in [1.29, 1.82) is 0 Å². The second kappa shape index (κ2) is 4.54. The van der Waals surface area contributed by atoms with Crippen LogP contribution in [0.1, 0.15) is 24.2 Å². The maximum absolute atomic E-state index is 12.4. The van der Waals surface area contributed by atoms with Crippen molar-refractivity contribution in [3.05, 3.63) is 40.3 Å². The van der Waals surface area contributed by atoms with Crippen molar-refractivity contribution in [3.63, 3.8) is 0 Å². The van der Waals surface area contributed by atoms with Crippen LogP contribution in [0.3, 0.4) is 0 Å². The third-order valence-electron chi connectivity index (χ3n) is 4.02. The summed E-state index contributed by atoms with van der Waals surface area (Å²) in [5, 5.41) is 9.20. The number of aromatic nitrogens is 6. The molecular formula is C14H16N6O. The predicted octanol–water partition coefficient (Wildman–Crippen LogP) is 0.711. The largest absolute Gasteiger partial charge is 0.292 e. The van der Waals surface area contributed by atoms with Gasteiger partial charge in [0.05, 0.1) is 18.4 Å². The molecule has 0 N–H and O–H groups in total. The first-order valence-corrected chi connectivity index (χ1v) is 7.15. The second-order valence-electron chi connectivity index (χ2n) is 5.49. The molecule has 0 amide bonds. The highest BCUT2D eigenvalue weighted by Gasteiger charge is 2.14. The van der Waals surface area contributed by atoms with Gasteiger partial charge in [0.2, 0.25) is 0 Å². The van der Waals surface area contributed by atoms with Crippen LogP contribution in [-0.4, -0.2) is 29.1 Å². The highest BCUT2D eigenvalue weighted by molar-refractivity contribution is 5.72. The Morgan fingerprint density at radius 1 is 1.33 bits per heavy atom. The van der Waals surface area contributed by atoms with Gasteiger partial charge in [0.25, 0.3) is 5.56 Å². The molecule has 0 saturated carbocycles. The van der Waals surface area contributed by atoms with Crippen LogP contribution in [0.15, 0.2) is 23.4 Å². The van der Waals surface area contributed by atoms with Crippen molar-refractivity contribution in [2.45, 2.75) is 32.4 Å². The van der Waals surface area contributed by atoms with Gasteiger partial charge in [-0.1, -0.05) is 0 Å². The number of aryl methyl sites for hydroxylation is 3. The Morgan fingerprint density at radius 3 is 3.10 bits per heavy atom. The van der Waals surface area contributed by atoms with E-state index in [0.29, 0.717) is 17.6 Å². The Kier molecular flexibility index (Phi) is 2.66. The number of hydrogen-bond donors (Lipinski definition) is 0. The summed E-state index contributed by atoms with van der Waals surface area (Å²) in [7, 11) is 1.78. The summed E-state index contributed by atoms with van der Waals surface area (Å²) in [4.78, 5) is 16.7. The topological polar surface area (TPSA) is 70.5 Å². The fourth-order valence-electron chi connectivity index (χ4n) is 2.91.